The highest BCUT2D eigenvalue weighted by atomic mass is 16.5. The quantitative estimate of drug-likeness (QED) is 0.503. The number of aliphatic hydroxyl groups excluding tert-OH is 1. The lowest BCUT2D eigenvalue weighted by Crippen LogP contribution is -2.42. The van der Waals surface area contributed by atoms with Crippen molar-refractivity contribution in [3.8, 4) is 0 Å². The SMILES string of the molecule is CN(CCO)C(=O)C1C2C=CC(O2)C1C=O. The number of hydrogen-bond donors (Lipinski definition) is 1. The Morgan fingerprint density at radius 1 is 1.50 bits per heavy atom. The Balaban J connectivity index is 2.11. The third-order valence-corrected chi connectivity index (χ3v) is 3.21. The average Bonchev–Trinajstić information content (AvgIpc) is 2.87. The molecular formula is C11H15NO4. The van der Waals surface area contributed by atoms with E-state index in [0.29, 0.717) is 0 Å². The second-order valence-corrected chi connectivity index (χ2v) is 4.17. The number of likely N-dealkylation sites (N-methyl/N-ethyl adjacent to an activating group) is 1. The Kier molecular flexibility index (Phi) is 3.07. The first kappa shape index (κ1) is 11.3. The summed E-state index contributed by atoms with van der Waals surface area (Å²) >= 11 is 0. The highest BCUT2D eigenvalue weighted by molar-refractivity contribution is 5.84. The van der Waals surface area contributed by atoms with Gasteiger partial charge in [-0.2, -0.15) is 0 Å². The van der Waals surface area contributed by atoms with Crippen LogP contribution < -0.4 is 0 Å². The molecule has 0 saturated carbocycles. The van der Waals surface area contributed by atoms with Crippen molar-refractivity contribution < 1.29 is 19.4 Å². The van der Waals surface area contributed by atoms with E-state index in [1.807, 2.05) is 12.2 Å². The molecule has 2 rings (SSSR count). The van der Waals surface area contributed by atoms with E-state index in [0.717, 1.165) is 6.29 Å². The summed E-state index contributed by atoms with van der Waals surface area (Å²) in [6.07, 6.45) is 3.93. The fraction of sp³-hybridized carbons (Fsp3) is 0.636. The lowest BCUT2D eigenvalue weighted by molar-refractivity contribution is -0.138. The highest BCUT2D eigenvalue weighted by Crippen LogP contribution is 2.38. The van der Waals surface area contributed by atoms with Crippen molar-refractivity contribution in [1.82, 2.24) is 4.90 Å². The van der Waals surface area contributed by atoms with Gasteiger partial charge in [-0.15, -0.1) is 0 Å². The molecule has 1 saturated heterocycles. The van der Waals surface area contributed by atoms with Gasteiger partial charge in [-0.3, -0.25) is 4.79 Å². The van der Waals surface area contributed by atoms with Gasteiger partial charge in [0.25, 0.3) is 0 Å². The van der Waals surface area contributed by atoms with Gasteiger partial charge in [0, 0.05) is 13.6 Å². The number of carbonyl (C=O) groups is 2. The smallest absolute Gasteiger partial charge is 0.229 e. The number of aliphatic hydroxyl groups is 1. The molecule has 5 heteroatoms. The lowest BCUT2D eigenvalue weighted by Gasteiger charge is -2.25. The van der Waals surface area contributed by atoms with Gasteiger partial charge >= 0.3 is 0 Å². The van der Waals surface area contributed by atoms with Gasteiger partial charge in [-0.1, -0.05) is 12.2 Å². The molecular weight excluding hydrogens is 210 g/mol. The Hall–Kier alpha value is -1.20. The first-order valence-corrected chi connectivity index (χ1v) is 5.34. The molecule has 4 atom stereocenters. The van der Waals surface area contributed by atoms with E-state index in [2.05, 4.69) is 0 Å². The van der Waals surface area contributed by atoms with Crippen molar-refractivity contribution in [3.63, 3.8) is 0 Å². The van der Waals surface area contributed by atoms with Crippen LogP contribution in [-0.2, 0) is 14.3 Å². The zero-order valence-corrected chi connectivity index (χ0v) is 9.07. The first-order valence-electron chi connectivity index (χ1n) is 5.34. The average molecular weight is 225 g/mol. The monoisotopic (exact) mass is 225 g/mol. The van der Waals surface area contributed by atoms with Crippen LogP contribution >= 0.6 is 0 Å². The van der Waals surface area contributed by atoms with Crippen molar-refractivity contribution in [2.45, 2.75) is 12.2 Å². The van der Waals surface area contributed by atoms with E-state index in [-0.39, 0.29) is 37.2 Å². The first-order chi connectivity index (χ1) is 7.69. The largest absolute Gasteiger partial charge is 0.395 e. The minimum Gasteiger partial charge on any atom is -0.395 e. The minimum atomic E-state index is -0.427. The van der Waals surface area contributed by atoms with Crippen LogP contribution in [0.25, 0.3) is 0 Å². The molecule has 2 aliphatic heterocycles. The fourth-order valence-electron chi connectivity index (χ4n) is 2.32. The van der Waals surface area contributed by atoms with E-state index >= 15 is 0 Å². The fourth-order valence-corrected chi connectivity index (χ4v) is 2.32. The van der Waals surface area contributed by atoms with E-state index in [1.54, 1.807) is 7.05 Å². The van der Waals surface area contributed by atoms with Gasteiger partial charge in [0.15, 0.2) is 0 Å². The molecule has 0 aliphatic carbocycles. The van der Waals surface area contributed by atoms with Crippen LogP contribution in [-0.4, -0.2) is 54.6 Å². The Labute approximate surface area is 93.7 Å². The number of fused-ring (bicyclic) bond motifs is 2. The number of ether oxygens (including phenoxy) is 1. The van der Waals surface area contributed by atoms with Gasteiger partial charge in [-0.05, 0) is 0 Å². The molecule has 1 N–H and O–H groups in total. The predicted octanol–water partition coefficient (Wildman–Crippen LogP) is -0.794. The summed E-state index contributed by atoms with van der Waals surface area (Å²) in [5.74, 6) is -0.948. The minimum absolute atomic E-state index is 0.0779. The summed E-state index contributed by atoms with van der Waals surface area (Å²) < 4.78 is 5.49. The summed E-state index contributed by atoms with van der Waals surface area (Å²) in [5.41, 5.74) is 0. The second kappa shape index (κ2) is 4.35. The van der Waals surface area contributed by atoms with E-state index in [9.17, 15) is 9.59 Å². The molecule has 2 bridgehead atoms. The summed E-state index contributed by atoms with van der Waals surface area (Å²) in [5, 5.41) is 8.77. The zero-order valence-electron chi connectivity index (χ0n) is 9.07. The molecule has 0 aromatic carbocycles. The van der Waals surface area contributed by atoms with Gasteiger partial charge in [0.1, 0.15) is 6.29 Å². The molecule has 0 spiro atoms. The van der Waals surface area contributed by atoms with Gasteiger partial charge in [0.05, 0.1) is 30.7 Å². The van der Waals surface area contributed by atoms with E-state index in [4.69, 9.17) is 9.84 Å². The van der Waals surface area contributed by atoms with Crippen LogP contribution in [0.1, 0.15) is 0 Å². The molecule has 4 unspecified atom stereocenters. The summed E-state index contributed by atoms with van der Waals surface area (Å²) in [6, 6.07) is 0. The number of hydrogen-bond acceptors (Lipinski definition) is 4. The molecule has 2 heterocycles. The maximum absolute atomic E-state index is 12.0. The standard InChI is InChI=1S/C11H15NO4/c1-12(4-5-13)11(15)10-7(6-14)8-2-3-9(10)16-8/h2-3,6-10,13H,4-5H2,1H3. The Bertz CT molecular complexity index is 328. The van der Waals surface area contributed by atoms with Crippen LogP contribution in [0.5, 0.6) is 0 Å². The third-order valence-electron chi connectivity index (χ3n) is 3.21. The Morgan fingerprint density at radius 3 is 2.81 bits per heavy atom. The van der Waals surface area contributed by atoms with Gasteiger partial charge in [-0.25, -0.2) is 0 Å². The number of amides is 1. The number of rotatable bonds is 4. The molecule has 16 heavy (non-hydrogen) atoms. The van der Waals surface area contributed by atoms with Crippen LogP contribution in [0.3, 0.4) is 0 Å². The number of carbonyl (C=O) groups excluding carboxylic acids is 2. The van der Waals surface area contributed by atoms with E-state index < -0.39 is 5.92 Å². The predicted molar refractivity (Wildman–Crippen MR) is 55.6 cm³/mol. The van der Waals surface area contributed by atoms with E-state index in [1.165, 1.54) is 4.90 Å². The Morgan fingerprint density at radius 2 is 2.19 bits per heavy atom. The number of nitrogens with zero attached hydrogens (tertiary/aromatic N) is 1. The summed E-state index contributed by atoms with van der Waals surface area (Å²) in [7, 11) is 1.62. The van der Waals surface area contributed by atoms with Gasteiger partial charge in [0.2, 0.25) is 5.91 Å². The zero-order chi connectivity index (χ0) is 11.7. The van der Waals surface area contributed by atoms with Gasteiger partial charge < -0.3 is 19.5 Å². The molecule has 0 aromatic rings. The topological polar surface area (TPSA) is 66.8 Å². The molecule has 5 nitrogen and oxygen atoms in total. The van der Waals surface area contributed by atoms with Crippen molar-refractivity contribution in [2.75, 3.05) is 20.2 Å². The normalized spacial score (nSPS) is 35.4. The molecule has 1 amide bonds. The highest BCUT2D eigenvalue weighted by Gasteiger charge is 2.50. The molecule has 88 valence electrons. The van der Waals surface area contributed by atoms with Crippen molar-refractivity contribution in [3.05, 3.63) is 12.2 Å². The van der Waals surface area contributed by atoms with Crippen molar-refractivity contribution in [1.29, 1.82) is 0 Å². The molecule has 0 radical (unpaired) electrons. The number of aldehydes is 1. The lowest BCUT2D eigenvalue weighted by atomic mass is 9.83. The second-order valence-electron chi connectivity index (χ2n) is 4.17. The maximum Gasteiger partial charge on any atom is 0.229 e. The summed E-state index contributed by atoms with van der Waals surface area (Å²) in [6.45, 7) is 0.202. The van der Waals surface area contributed by atoms with Crippen LogP contribution in [0.4, 0.5) is 0 Å². The maximum atomic E-state index is 12.0. The molecule has 0 aromatic heterocycles. The van der Waals surface area contributed by atoms with Crippen LogP contribution in [0.15, 0.2) is 12.2 Å². The summed E-state index contributed by atoms with van der Waals surface area (Å²) in [4.78, 5) is 24.4. The van der Waals surface area contributed by atoms with Crippen molar-refractivity contribution >= 4 is 12.2 Å². The molecule has 1 fully saturated rings. The van der Waals surface area contributed by atoms with Crippen LogP contribution in [0, 0.1) is 11.8 Å². The van der Waals surface area contributed by atoms with Crippen LogP contribution in [0.2, 0.25) is 0 Å². The van der Waals surface area contributed by atoms with Crippen molar-refractivity contribution in [2.24, 2.45) is 11.8 Å². The third kappa shape index (κ3) is 1.66. The molecule has 2 aliphatic rings.